The lowest BCUT2D eigenvalue weighted by atomic mass is 10.1. The van der Waals surface area contributed by atoms with Crippen LogP contribution in [0.4, 0.5) is 0 Å². The van der Waals surface area contributed by atoms with E-state index in [0.717, 1.165) is 6.54 Å². The SMILES string of the molecule is CN(C)CCn1ncc(Br)c1C(=O)c1cncnc1. The molecular formula is C12H14BrN5O. The van der Waals surface area contributed by atoms with Gasteiger partial charge in [0.1, 0.15) is 12.0 Å². The molecule has 0 aliphatic rings. The number of carbonyl (C=O) groups excluding carboxylic acids is 1. The van der Waals surface area contributed by atoms with Crippen LogP contribution in [0, 0.1) is 0 Å². The van der Waals surface area contributed by atoms with Crippen LogP contribution in [0.5, 0.6) is 0 Å². The molecule has 0 unspecified atom stereocenters. The molecule has 0 spiro atoms. The Morgan fingerprint density at radius 3 is 2.63 bits per heavy atom. The number of hydrogen-bond donors (Lipinski definition) is 0. The first-order valence-corrected chi connectivity index (χ1v) is 6.54. The lowest BCUT2D eigenvalue weighted by Crippen LogP contribution is -2.21. The standard InChI is InChI=1S/C12H14BrN5O/c1-17(2)3-4-18-11(10(13)7-16-18)12(19)9-5-14-8-15-6-9/h5-8H,3-4H2,1-2H3. The Balaban J connectivity index is 2.29. The number of likely N-dealkylation sites (N-methyl/N-ethyl adjacent to an activating group) is 1. The smallest absolute Gasteiger partial charge is 0.215 e. The van der Waals surface area contributed by atoms with Crippen LogP contribution in [0.3, 0.4) is 0 Å². The van der Waals surface area contributed by atoms with Crippen molar-refractivity contribution in [3.63, 3.8) is 0 Å². The summed E-state index contributed by atoms with van der Waals surface area (Å²) in [6.07, 6.45) is 6.04. The number of ketones is 1. The fourth-order valence-corrected chi connectivity index (χ4v) is 2.08. The lowest BCUT2D eigenvalue weighted by Gasteiger charge is -2.11. The third kappa shape index (κ3) is 3.24. The van der Waals surface area contributed by atoms with E-state index in [-0.39, 0.29) is 5.78 Å². The van der Waals surface area contributed by atoms with Gasteiger partial charge in [-0.05, 0) is 30.0 Å². The first-order chi connectivity index (χ1) is 9.09. The average Bonchev–Trinajstić information content (AvgIpc) is 2.78. The number of nitrogens with zero attached hydrogens (tertiary/aromatic N) is 5. The zero-order valence-corrected chi connectivity index (χ0v) is 12.3. The van der Waals surface area contributed by atoms with E-state index in [1.807, 2.05) is 19.0 Å². The second-order valence-electron chi connectivity index (χ2n) is 4.32. The van der Waals surface area contributed by atoms with Crippen LogP contribution in [-0.2, 0) is 6.54 Å². The van der Waals surface area contributed by atoms with Crippen LogP contribution in [0.1, 0.15) is 16.1 Å². The van der Waals surface area contributed by atoms with Gasteiger partial charge in [-0.2, -0.15) is 5.10 Å². The van der Waals surface area contributed by atoms with Crippen molar-refractivity contribution in [2.24, 2.45) is 0 Å². The number of halogens is 1. The molecule has 0 fully saturated rings. The van der Waals surface area contributed by atoms with Crippen LogP contribution in [-0.4, -0.2) is 51.1 Å². The van der Waals surface area contributed by atoms with E-state index in [1.165, 1.54) is 18.7 Å². The molecule has 0 atom stereocenters. The summed E-state index contributed by atoms with van der Waals surface area (Å²) in [5.74, 6) is -0.135. The van der Waals surface area contributed by atoms with Gasteiger partial charge in [0, 0.05) is 18.9 Å². The van der Waals surface area contributed by atoms with Crippen molar-refractivity contribution in [3.05, 3.63) is 40.6 Å². The zero-order valence-electron chi connectivity index (χ0n) is 10.7. The minimum atomic E-state index is -0.135. The summed E-state index contributed by atoms with van der Waals surface area (Å²) in [6.45, 7) is 1.45. The molecule has 0 saturated heterocycles. The second kappa shape index (κ2) is 6.03. The quantitative estimate of drug-likeness (QED) is 0.774. The van der Waals surface area contributed by atoms with Gasteiger partial charge in [-0.25, -0.2) is 9.97 Å². The van der Waals surface area contributed by atoms with Gasteiger partial charge >= 0.3 is 0 Å². The van der Waals surface area contributed by atoms with E-state index >= 15 is 0 Å². The Morgan fingerprint density at radius 2 is 2.00 bits per heavy atom. The molecule has 0 radical (unpaired) electrons. The van der Waals surface area contributed by atoms with Crippen molar-refractivity contribution in [3.8, 4) is 0 Å². The van der Waals surface area contributed by atoms with Crippen molar-refractivity contribution in [2.45, 2.75) is 6.54 Å². The topological polar surface area (TPSA) is 63.9 Å². The second-order valence-corrected chi connectivity index (χ2v) is 5.18. The molecule has 2 aromatic rings. The Labute approximate surface area is 119 Å². The molecule has 0 saturated carbocycles. The minimum absolute atomic E-state index is 0.135. The molecule has 0 aliphatic heterocycles. The molecule has 0 N–H and O–H groups in total. The highest BCUT2D eigenvalue weighted by atomic mass is 79.9. The van der Waals surface area contributed by atoms with Crippen molar-refractivity contribution >= 4 is 21.7 Å². The average molecular weight is 324 g/mol. The van der Waals surface area contributed by atoms with E-state index in [0.29, 0.717) is 22.3 Å². The third-order valence-corrected chi connectivity index (χ3v) is 3.17. The first kappa shape index (κ1) is 13.8. The van der Waals surface area contributed by atoms with E-state index in [9.17, 15) is 4.79 Å². The van der Waals surface area contributed by atoms with E-state index in [1.54, 1.807) is 10.9 Å². The van der Waals surface area contributed by atoms with Crippen LogP contribution in [0.15, 0.2) is 29.4 Å². The maximum atomic E-state index is 12.4. The maximum Gasteiger partial charge on any atom is 0.215 e. The summed E-state index contributed by atoms with van der Waals surface area (Å²) in [4.78, 5) is 22.2. The molecule has 7 heteroatoms. The number of rotatable bonds is 5. The van der Waals surface area contributed by atoms with Gasteiger partial charge in [0.2, 0.25) is 5.78 Å². The summed E-state index contributed by atoms with van der Waals surface area (Å²) in [6, 6.07) is 0. The Kier molecular flexibility index (Phi) is 4.39. The van der Waals surface area contributed by atoms with Crippen molar-refractivity contribution < 1.29 is 4.79 Å². The molecule has 2 aromatic heterocycles. The van der Waals surface area contributed by atoms with E-state index in [2.05, 4.69) is 31.0 Å². The van der Waals surface area contributed by atoms with Gasteiger partial charge in [-0.15, -0.1) is 0 Å². The number of carbonyl (C=O) groups is 1. The van der Waals surface area contributed by atoms with Crippen LogP contribution < -0.4 is 0 Å². The fraction of sp³-hybridized carbons (Fsp3) is 0.333. The highest BCUT2D eigenvalue weighted by Gasteiger charge is 2.19. The molecule has 19 heavy (non-hydrogen) atoms. The molecule has 100 valence electrons. The summed E-state index contributed by atoms with van der Waals surface area (Å²) in [5, 5.41) is 4.22. The number of hydrogen-bond acceptors (Lipinski definition) is 5. The summed E-state index contributed by atoms with van der Waals surface area (Å²) in [7, 11) is 3.95. The highest BCUT2D eigenvalue weighted by Crippen LogP contribution is 2.19. The largest absolute Gasteiger partial charge is 0.308 e. The minimum Gasteiger partial charge on any atom is -0.308 e. The van der Waals surface area contributed by atoms with Crippen LogP contribution in [0.25, 0.3) is 0 Å². The molecule has 0 aromatic carbocycles. The molecular weight excluding hydrogens is 310 g/mol. The Morgan fingerprint density at radius 1 is 1.32 bits per heavy atom. The van der Waals surface area contributed by atoms with Crippen LogP contribution in [0.2, 0.25) is 0 Å². The zero-order chi connectivity index (χ0) is 13.8. The molecule has 0 amide bonds. The third-order valence-electron chi connectivity index (χ3n) is 2.59. The normalized spacial score (nSPS) is 10.9. The molecule has 2 heterocycles. The van der Waals surface area contributed by atoms with Crippen LogP contribution >= 0.6 is 15.9 Å². The Hall–Kier alpha value is -1.60. The van der Waals surface area contributed by atoms with E-state index in [4.69, 9.17) is 0 Å². The molecule has 0 bridgehead atoms. The van der Waals surface area contributed by atoms with Gasteiger partial charge in [-0.3, -0.25) is 9.48 Å². The maximum absolute atomic E-state index is 12.4. The Bertz CT molecular complexity index is 567. The molecule has 2 rings (SSSR count). The summed E-state index contributed by atoms with van der Waals surface area (Å²) >= 11 is 3.36. The highest BCUT2D eigenvalue weighted by molar-refractivity contribution is 9.10. The number of aromatic nitrogens is 4. The molecule has 6 nitrogen and oxygen atoms in total. The lowest BCUT2D eigenvalue weighted by molar-refractivity contribution is 0.102. The monoisotopic (exact) mass is 323 g/mol. The van der Waals surface area contributed by atoms with Crippen molar-refractivity contribution in [1.29, 1.82) is 0 Å². The summed E-state index contributed by atoms with van der Waals surface area (Å²) < 4.78 is 2.37. The first-order valence-electron chi connectivity index (χ1n) is 5.75. The predicted molar refractivity (Wildman–Crippen MR) is 73.9 cm³/mol. The van der Waals surface area contributed by atoms with E-state index < -0.39 is 0 Å². The van der Waals surface area contributed by atoms with Gasteiger partial charge in [0.25, 0.3) is 0 Å². The van der Waals surface area contributed by atoms with Crippen molar-refractivity contribution in [2.75, 3.05) is 20.6 Å². The van der Waals surface area contributed by atoms with Gasteiger partial charge < -0.3 is 4.90 Å². The summed E-state index contributed by atoms with van der Waals surface area (Å²) in [5.41, 5.74) is 0.978. The van der Waals surface area contributed by atoms with Gasteiger partial charge in [-0.1, -0.05) is 0 Å². The van der Waals surface area contributed by atoms with Crippen molar-refractivity contribution in [1.82, 2.24) is 24.6 Å². The van der Waals surface area contributed by atoms with Gasteiger partial charge in [0.05, 0.1) is 22.8 Å². The predicted octanol–water partition coefficient (Wildman–Crippen LogP) is 1.23. The fourth-order valence-electron chi connectivity index (χ4n) is 1.61. The molecule has 0 aliphatic carbocycles. The van der Waals surface area contributed by atoms with Gasteiger partial charge in [0.15, 0.2) is 0 Å².